The fraction of sp³-hybridized carbons (Fsp3) is 1.00. The lowest BCUT2D eigenvalue weighted by Gasteiger charge is -2.38. The summed E-state index contributed by atoms with van der Waals surface area (Å²) < 4.78 is 22.8. The van der Waals surface area contributed by atoms with Crippen molar-refractivity contribution < 1.29 is 29.2 Å². The predicted molar refractivity (Wildman–Crippen MR) is 59.7 cm³/mol. The molecule has 0 unspecified atom stereocenters. The summed E-state index contributed by atoms with van der Waals surface area (Å²) in [5, 5.41) is 20.2. The number of fused-ring (bicyclic) bond motifs is 3. The summed E-state index contributed by atoms with van der Waals surface area (Å²) >= 11 is 0. The molecular formula is C12H20O6. The molecule has 0 aromatic rings. The van der Waals surface area contributed by atoms with Gasteiger partial charge in [-0.15, -0.1) is 0 Å². The van der Waals surface area contributed by atoms with E-state index < -0.39 is 48.2 Å². The van der Waals surface area contributed by atoms with Crippen LogP contribution < -0.4 is 0 Å². The van der Waals surface area contributed by atoms with Gasteiger partial charge in [0.25, 0.3) is 0 Å². The largest absolute Gasteiger partial charge is 0.387 e. The summed E-state index contributed by atoms with van der Waals surface area (Å²) in [6.07, 6.45) is -4.09. The van der Waals surface area contributed by atoms with Gasteiger partial charge < -0.3 is 29.2 Å². The van der Waals surface area contributed by atoms with Crippen molar-refractivity contribution in [1.82, 2.24) is 0 Å². The van der Waals surface area contributed by atoms with E-state index in [2.05, 4.69) is 0 Å². The first-order valence-electron chi connectivity index (χ1n) is 6.28. The average Bonchev–Trinajstić information content (AvgIpc) is 2.71. The standard InChI is InChI=1S/C12H20O6/c1-11(2)15-7-5(13)6(14)8-10(9(7)17-11)18-12(3,4)16-8/h5-10,13-14H,1-4H3/t5-,6-,7-,8+,9+,10-/m0/s1. The lowest BCUT2D eigenvalue weighted by atomic mass is 9.85. The topological polar surface area (TPSA) is 77.4 Å². The monoisotopic (exact) mass is 260 g/mol. The second-order valence-electron chi connectivity index (χ2n) is 6.11. The van der Waals surface area contributed by atoms with E-state index in [4.69, 9.17) is 18.9 Å². The Morgan fingerprint density at radius 3 is 1.22 bits per heavy atom. The van der Waals surface area contributed by atoms with E-state index in [0.29, 0.717) is 0 Å². The molecule has 1 saturated carbocycles. The van der Waals surface area contributed by atoms with Crippen molar-refractivity contribution in [3.8, 4) is 0 Å². The Labute approximate surface area is 106 Å². The Morgan fingerprint density at radius 2 is 0.889 bits per heavy atom. The Balaban J connectivity index is 1.91. The van der Waals surface area contributed by atoms with Gasteiger partial charge in [0.2, 0.25) is 0 Å². The summed E-state index contributed by atoms with van der Waals surface area (Å²) in [5.74, 6) is -1.58. The fourth-order valence-corrected chi connectivity index (χ4v) is 3.06. The Bertz CT molecular complexity index is 320. The first-order chi connectivity index (χ1) is 8.20. The van der Waals surface area contributed by atoms with Gasteiger partial charge in [0.15, 0.2) is 11.6 Å². The third kappa shape index (κ3) is 1.79. The molecule has 2 heterocycles. The number of rotatable bonds is 0. The zero-order valence-electron chi connectivity index (χ0n) is 11.0. The van der Waals surface area contributed by atoms with E-state index in [9.17, 15) is 10.2 Å². The van der Waals surface area contributed by atoms with Gasteiger partial charge in [-0.05, 0) is 27.7 Å². The van der Waals surface area contributed by atoms with Crippen LogP contribution in [0.15, 0.2) is 0 Å². The van der Waals surface area contributed by atoms with Crippen molar-refractivity contribution in [2.45, 2.75) is 75.9 Å². The van der Waals surface area contributed by atoms with Crippen molar-refractivity contribution in [1.29, 1.82) is 0 Å². The molecule has 2 saturated heterocycles. The first kappa shape index (κ1) is 12.8. The zero-order chi connectivity index (χ0) is 13.3. The van der Waals surface area contributed by atoms with Crippen molar-refractivity contribution in [3.05, 3.63) is 0 Å². The SMILES string of the molecule is CC1(C)O[C@@H]2[C@@H]3OC(C)(C)O[C@H]3[C@@H](O)[C@H](O)[C@H]2O1. The second-order valence-corrected chi connectivity index (χ2v) is 6.11. The first-order valence-corrected chi connectivity index (χ1v) is 6.28. The van der Waals surface area contributed by atoms with E-state index in [1.165, 1.54) is 0 Å². The zero-order valence-corrected chi connectivity index (χ0v) is 11.0. The minimum atomic E-state index is -1.03. The summed E-state index contributed by atoms with van der Waals surface area (Å²) in [4.78, 5) is 0. The molecule has 6 atom stereocenters. The number of hydrogen-bond donors (Lipinski definition) is 2. The summed E-state index contributed by atoms with van der Waals surface area (Å²) in [6, 6.07) is 0. The van der Waals surface area contributed by atoms with Crippen LogP contribution in [0.3, 0.4) is 0 Å². The Hall–Kier alpha value is -0.240. The molecule has 0 spiro atoms. The van der Waals surface area contributed by atoms with Crippen molar-refractivity contribution >= 4 is 0 Å². The van der Waals surface area contributed by atoms with Crippen LogP contribution in [0.2, 0.25) is 0 Å². The molecule has 18 heavy (non-hydrogen) atoms. The fourth-order valence-electron chi connectivity index (χ4n) is 3.06. The molecule has 3 aliphatic rings. The molecule has 0 radical (unpaired) electrons. The third-order valence-electron chi connectivity index (χ3n) is 3.67. The summed E-state index contributed by atoms with van der Waals surface area (Å²) in [6.45, 7) is 7.11. The molecule has 2 N–H and O–H groups in total. The van der Waals surface area contributed by atoms with Gasteiger partial charge in [-0.2, -0.15) is 0 Å². The maximum atomic E-state index is 10.1. The molecule has 104 valence electrons. The predicted octanol–water partition coefficient (Wildman–Crippen LogP) is -0.238. The molecule has 0 aromatic heterocycles. The van der Waals surface area contributed by atoms with Crippen LogP contribution in [0.4, 0.5) is 0 Å². The quantitative estimate of drug-likeness (QED) is 0.626. The highest BCUT2D eigenvalue weighted by Crippen LogP contribution is 2.44. The molecule has 3 rings (SSSR count). The number of aliphatic hydroxyl groups is 2. The third-order valence-corrected chi connectivity index (χ3v) is 3.67. The molecule has 1 aliphatic carbocycles. The molecule has 0 amide bonds. The minimum Gasteiger partial charge on any atom is -0.387 e. The minimum absolute atomic E-state index is 0.426. The Morgan fingerprint density at radius 1 is 0.611 bits per heavy atom. The van der Waals surface area contributed by atoms with E-state index in [-0.39, 0.29) is 0 Å². The van der Waals surface area contributed by atoms with Crippen LogP contribution in [0, 0.1) is 0 Å². The van der Waals surface area contributed by atoms with Crippen molar-refractivity contribution in [2.24, 2.45) is 0 Å². The lowest BCUT2D eigenvalue weighted by molar-refractivity contribution is -0.185. The van der Waals surface area contributed by atoms with E-state index in [0.717, 1.165) is 0 Å². The normalized spacial score (nSPS) is 53.0. The average molecular weight is 260 g/mol. The van der Waals surface area contributed by atoms with Crippen molar-refractivity contribution in [3.63, 3.8) is 0 Å². The van der Waals surface area contributed by atoms with Gasteiger partial charge in [0, 0.05) is 0 Å². The van der Waals surface area contributed by atoms with Crippen LogP contribution in [0.25, 0.3) is 0 Å². The van der Waals surface area contributed by atoms with Gasteiger partial charge in [0.05, 0.1) is 0 Å². The van der Waals surface area contributed by atoms with Gasteiger partial charge in [-0.1, -0.05) is 0 Å². The molecule has 0 aromatic carbocycles. The van der Waals surface area contributed by atoms with Gasteiger partial charge in [-0.25, -0.2) is 0 Å². The van der Waals surface area contributed by atoms with Crippen LogP contribution in [-0.4, -0.2) is 58.4 Å². The van der Waals surface area contributed by atoms with Crippen molar-refractivity contribution in [2.75, 3.05) is 0 Å². The number of hydrogen-bond acceptors (Lipinski definition) is 6. The molecule has 0 bridgehead atoms. The molecule has 6 heteroatoms. The maximum absolute atomic E-state index is 10.1. The highest BCUT2D eigenvalue weighted by molar-refractivity contribution is 5.07. The number of aliphatic hydroxyl groups excluding tert-OH is 2. The highest BCUT2D eigenvalue weighted by atomic mass is 16.8. The molecule has 6 nitrogen and oxygen atoms in total. The molecule has 3 fully saturated rings. The highest BCUT2D eigenvalue weighted by Gasteiger charge is 2.62. The van der Waals surface area contributed by atoms with Crippen LogP contribution in [-0.2, 0) is 18.9 Å². The van der Waals surface area contributed by atoms with Crippen LogP contribution >= 0.6 is 0 Å². The van der Waals surface area contributed by atoms with Crippen LogP contribution in [0.1, 0.15) is 27.7 Å². The van der Waals surface area contributed by atoms with Gasteiger partial charge >= 0.3 is 0 Å². The van der Waals surface area contributed by atoms with E-state index in [1.54, 1.807) is 27.7 Å². The van der Waals surface area contributed by atoms with Crippen LogP contribution in [0.5, 0.6) is 0 Å². The Kier molecular flexibility index (Phi) is 2.59. The second kappa shape index (κ2) is 3.65. The summed E-state index contributed by atoms with van der Waals surface area (Å²) in [7, 11) is 0. The number of ether oxygens (including phenoxy) is 4. The van der Waals surface area contributed by atoms with Gasteiger partial charge in [-0.3, -0.25) is 0 Å². The van der Waals surface area contributed by atoms with Gasteiger partial charge in [0.1, 0.15) is 36.6 Å². The smallest absolute Gasteiger partial charge is 0.164 e. The molecular weight excluding hydrogens is 240 g/mol. The lowest BCUT2D eigenvalue weighted by Crippen LogP contribution is -2.61. The summed E-state index contributed by atoms with van der Waals surface area (Å²) in [5.41, 5.74) is 0. The van der Waals surface area contributed by atoms with E-state index in [1.807, 2.05) is 0 Å². The maximum Gasteiger partial charge on any atom is 0.164 e. The van der Waals surface area contributed by atoms with E-state index >= 15 is 0 Å². The molecule has 2 aliphatic heterocycles.